The van der Waals surface area contributed by atoms with Gasteiger partial charge in [0.2, 0.25) is 0 Å². The van der Waals surface area contributed by atoms with E-state index in [9.17, 15) is 4.79 Å². The molecule has 0 fully saturated rings. The Bertz CT molecular complexity index is 1210. The smallest absolute Gasteiger partial charge is 0.322 e. The molecule has 34 heavy (non-hydrogen) atoms. The summed E-state index contributed by atoms with van der Waals surface area (Å²) >= 11 is 6.06. The maximum absolute atomic E-state index is 13.1. The van der Waals surface area contributed by atoms with Crippen molar-refractivity contribution in [1.29, 1.82) is 0 Å². The minimum Gasteiger partial charge on any atom is -0.493 e. The summed E-state index contributed by atoms with van der Waals surface area (Å²) in [7, 11) is 1.60. The van der Waals surface area contributed by atoms with Gasteiger partial charge in [-0.2, -0.15) is 0 Å². The van der Waals surface area contributed by atoms with Crippen LogP contribution in [0.2, 0.25) is 5.02 Å². The van der Waals surface area contributed by atoms with Crippen molar-refractivity contribution < 1.29 is 18.7 Å². The summed E-state index contributed by atoms with van der Waals surface area (Å²) < 4.78 is 17.0. The van der Waals surface area contributed by atoms with Crippen LogP contribution in [0.4, 0.5) is 10.5 Å². The van der Waals surface area contributed by atoms with Gasteiger partial charge in [-0.1, -0.05) is 54.1 Å². The van der Waals surface area contributed by atoms with Crippen LogP contribution in [-0.2, 0) is 19.7 Å². The Balaban J connectivity index is 1.49. The van der Waals surface area contributed by atoms with Gasteiger partial charge in [-0.15, -0.1) is 0 Å². The molecule has 0 aliphatic rings. The molecule has 3 aromatic carbocycles. The normalized spacial score (nSPS) is 10.5. The highest BCUT2D eigenvalue weighted by Crippen LogP contribution is 2.30. The van der Waals surface area contributed by atoms with Crippen molar-refractivity contribution in [3.05, 3.63) is 113 Å². The van der Waals surface area contributed by atoms with E-state index in [1.165, 1.54) is 0 Å². The van der Waals surface area contributed by atoms with E-state index in [4.69, 9.17) is 25.5 Å². The van der Waals surface area contributed by atoms with Crippen molar-refractivity contribution in [3.8, 4) is 11.5 Å². The number of hydrogen-bond donors (Lipinski definition) is 1. The second-order valence-corrected chi connectivity index (χ2v) is 8.07. The van der Waals surface area contributed by atoms with Crippen LogP contribution in [0.25, 0.3) is 0 Å². The topological polar surface area (TPSA) is 63.9 Å². The standard InChI is InChI=1S/C27H25ClN2O4/c1-32-26-15-21(12-13-25(26)34-19-20-7-3-2-4-8-20)17-30(18-24-11-6-14-33-24)27(31)29-23-10-5-9-22(28)16-23/h2-16H,17-19H2,1H3,(H,29,31). The number of carbonyl (C=O) groups is 1. The predicted octanol–water partition coefficient (Wildman–Crippen LogP) is 6.75. The molecule has 0 spiro atoms. The lowest BCUT2D eigenvalue weighted by molar-refractivity contribution is 0.201. The zero-order valence-corrected chi connectivity index (χ0v) is 19.5. The highest BCUT2D eigenvalue weighted by Gasteiger charge is 2.18. The van der Waals surface area contributed by atoms with Crippen LogP contribution in [0, 0.1) is 0 Å². The number of amides is 2. The Morgan fingerprint density at radius 3 is 2.50 bits per heavy atom. The molecule has 0 unspecified atom stereocenters. The maximum atomic E-state index is 13.1. The summed E-state index contributed by atoms with van der Waals surface area (Å²) in [6.45, 7) is 1.07. The van der Waals surface area contributed by atoms with Gasteiger partial charge < -0.3 is 24.1 Å². The van der Waals surface area contributed by atoms with Gasteiger partial charge in [0.15, 0.2) is 11.5 Å². The quantitative estimate of drug-likeness (QED) is 0.290. The minimum absolute atomic E-state index is 0.276. The van der Waals surface area contributed by atoms with E-state index < -0.39 is 0 Å². The molecule has 2 amide bonds. The largest absolute Gasteiger partial charge is 0.493 e. The van der Waals surface area contributed by atoms with Crippen LogP contribution in [0.1, 0.15) is 16.9 Å². The number of benzene rings is 3. The molecule has 0 radical (unpaired) electrons. The average Bonchev–Trinajstić information content (AvgIpc) is 3.36. The summed E-state index contributed by atoms with van der Waals surface area (Å²) in [5, 5.41) is 3.45. The van der Waals surface area contributed by atoms with E-state index in [0.29, 0.717) is 47.7 Å². The Kier molecular flexibility index (Phi) is 7.73. The Morgan fingerprint density at radius 2 is 1.76 bits per heavy atom. The van der Waals surface area contributed by atoms with E-state index in [1.807, 2.05) is 54.6 Å². The molecule has 0 saturated carbocycles. The lowest BCUT2D eigenvalue weighted by Gasteiger charge is -2.23. The van der Waals surface area contributed by atoms with Gasteiger partial charge in [-0.25, -0.2) is 4.79 Å². The molecule has 0 atom stereocenters. The molecule has 1 aromatic heterocycles. The molecular weight excluding hydrogens is 452 g/mol. The SMILES string of the molecule is COc1cc(CN(Cc2ccco2)C(=O)Nc2cccc(Cl)c2)ccc1OCc1ccccc1. The second-order valence-electron chi connectivity index (χ2n) is 7.64. The third-order valence-corrected chi connectivity index (χ3v) is 5.36. The number of nitrogens with zero attached hydrogens (tertiary/aromatic N) is 1. The van der Waals surface area contributed by atoms with Crippen LogP contribution in [0.5, 0.6) is 11.5 Å². The number of anilines is 1. The number of ether oxygens (including phenoxy) is 2. The van der Waals surface area contributed by atoms with Crippen molar-refractivity contribution in [3.63, 3.8) is 0 Å². The molecule has 6 nitrogen and oxygen atoms in total. The fourth-order valence-electron chi connectivity index (χ4n) is 3.44. The highest BCUT2D eigenvalue weighted by molar-refractivity contribution is 6.30. The average molecular weight is 477 g/mol. The van der Waals surface area contributed by atoms with Crippen LogP contribution in [0.3, 0.4) is 0 Å². The molecule has 0 aliphatic carbocycles. The van der Waals surface area contributed by atoms with E-state index in [2.05, 4.69) is 5.32 Å². The van der Waals surface area contributed by atoms with E-state index in [0.717, 1.165) is 11.1 Å². The molecular formula is C27H25ClN2O4. The fourth-order valence-corrected chi connectivity index (χ4v) is 3.63. The second kappa shape index (κ2) is 11.3. The van der Waals surface area contributed by atoms with Gasteiger partial charge >= 0.3 is 6.03 Å². The lowest BCUT2D eigenvalue weighted by Crippen LogP contribution is -2.34. The number of furan rings is 1. The zero-order chi connectivity index (χ0) is 23.8. The van der Waals surface area contributed by atoms with Crippen molar-refractivity contribution in [2.24, 2.45) is 0 Å². The van der Waals surface area contributed by atoms with Gasteiger partial charge in [-0.05, 0) is 53.6 Å². The first kappa shape index (κ1) is 23.3. The first-order chi connectivity index (χ1) is 16.6. The first-order valence-corrected chi connectivity index (χ1v) is 11.2. The molecule has 4 aromatic rings. The minimum atomic E-state index is -0.276. The fraction of sp³-hybridized carbons (Fsp3) is 0.148. The van der Waals surface area contributed by atoms with Gasteiger partial charge in [0.1, 0.15) is 12.4 Å². The zero-order valence-electron chi connectivity index (χ0n) is 18.7. The van der Waals surface area contributed by atoms with E-state index >= 15 is 0 Å². The van der Waals surface area contributed by atoms with Gasteiger partial charge in [0.25, 0.3) is 0 Å². The Labute approximate surface area is 203 Å². The predicted molar refractivity (Wildman–Crippen MR) is 132 cm³/mol. The van der Waals surface area contributed by atoms with Crippen LogP contribution in [-0.4, -0.2) is 18.0 Å². The molecule has 1 N–H and O–H groups in total. The van der Waals surface area contributed by atoms with Crippen molar-refractivity contribution in [2.75, 3.05) is 12.4 Å². The summed E-state index contributed by atoms with van der Waals surface area (Å²) in [4.78, 5) is 14.8. The van der Waals surface area contributed by atoms with Crippen molar-refractivity contribution in [2.45, 2.75) is 19.7 Å². The highest BCUT2D eigenvalue weighted by atomic mass is 35.5. The summed E-state index contributed by atoms with van der Waals surface area (Å²) in [6.07, 6.45) is 1.59. The summed E-state index contributed by atoms with van der Waals surface area (Å²) in [5.41, 5.74) is 2.57. The van der Waals surface area contributed by atoms with Gasteiger partial charge in [0.05, 0.1) is 19.9 Å². The Morgan fingerprint density at radius 1 is 0.912 bits per heavy atom. The van der Waals surface area contributed by atoms with Gasteiger partial charge in [0, 0.05) is 17.3 Å². The molecule has 174 valence electrons. The monoisotopic (exact) mass is 476 g/mol. The van der Waals surface area contributed by atoms with Crippen LogP contribution in [0.15, 0.2) is 95.6 Å². The maximum Gasteiger partial charge on any atom is 0.322 e. The van der Waals surface area contributed by atoms with Crippen molar-refractivity contribution >= 4 is 23.3 Å². The van der Waals surface area contributed by atoms with Crippen LogP contribution < -0.4 is 14.8 Å². The Hall–Kier alpha value is -3.90. The number of carbonyl (C=O) groups excluding carboxylic acids is 1. The molecule has 7 heteroatoms. The number of halogens is 1. The van der Waals surface area contributed by atoms with Crippen molar-refractivity contribution in [1.82, 2.24) is 4.90 Å². The summed E-state index contributed by atoms with van der Waals surface area (Å²) in [6, 6.07) is 26.0. The molecule has 1 heterocycles. The number of methoxy groups -OCH3 is 1. The third-order valence-electron chi connectivity index (χ3n) is 5.13. The summed E-state index contributed by atoms with van der Waals surface area (Å²) in [5.74, 6) is 1.91. The van der Waals surface area contributed by atoms with Gasteiger partial charge in [-0.3, -0.25) is 0 Å². The van der Waals surface area contributed by atoms with E-state index in [1.54, 1.807) is 48.6 Å². The number of urea groups is 1. The molecule has 0 bridgehead atoms. The molecule has 4 rings (SSSR count). The number of nitrogens with one attached hydrogen (secondary N) is 1. The number of hydrogen-bond acceptors (Lipinski definition) is 4. The van der Waals surface area contributed by atoms with Crippen LogP contribution >= 0.6 is 11.6 Å². The first-order valence-electron chi connectivity index (χ1n) is 10.8. The third kappa shape index (κ3) is 6.33. The molecule has 0 aliphatic heterocycles. The molecule has 0 saturated heterocycles. The van der Waals surface area contributed by atoms with E-state index in [-0.39, 0.29) is 6.03 Å². The lowest BCUT2D eigenvalue weighted by atomic mass is 10.2. The number of rotatable bonds is 9.